The van der Waals surface area contributed by atoms with E-state index in [1.807, 2.05) is 0 Å². The predicted molar refractivity (Wildman–Crippen MR) is 123 cm³/mol. The molecule has 0 saturated carbocycles. The van der Waals surface area contributed by atoms with E-state index in [4.69, 9.17) is 14.2 Å². The lowest BCUT2D eigenvalue weighted by Crippen LogP contribution is -2.51. The van der Waals surface area contributed by atoms with Crippen molar-refractivity contribution in [3.63, 3.8) is 0 Å². The van der Waals surface area contributed by atoms with Crippen molar-refractivity contribution in [3.8, 4) is 11.1 Å². The van der Waals surface area contributed by atoms with Gasteiger partial charge in [0.05, 0.1) is 25.4 Å². The van der Waals surface area contributed by atoms with E-state index in [1.165, 1.54) is 22.3 Å². The lowest BCUT2D eigenvalue weighted by Gasteiger charge is -2.52. The van der Waals surface area contributed by atoms with E-state index in [1.54, 1.807) is 0 Å². The third-order valence-electron chi connectivity index (χ3n) is 7.67. The lowest BCUT2D eigenvalue weighted by atomic mass is 9.50. The zero-order valence-corrected chi connectivity index (χ0v) is 18.5. The fourth-order valence-corrected chi connectivity index (χ4v) is 6.26. The van der Waals surface area contributed by atoms with E-state index in [0.29, 0.717) is 13.2 Å². The lowest BCUT2D eigenvalue weighted by molar-refractivity contribution is 0.0512. The summed E-state index contributed by atoms with van der Waals surface area (Å²) in [6.07, 6.45) is 7.59. The number of rotatable bonds is 2. The van der Waals surface area contributed by atoms with E-state index >= 15 is 0 Å². The highest BCUT2D eigenvalue weighted by atomic mass is 16.6. The smallest absolute Gasteiger partial charge is 0.108 e. The average molecular weight is 415 g/mol. The van der Waals surface area contributed by atoms with Crippen LogP contribution in [-0.4, -0.2) is 37.6 Å². The van der Waals surface area contributed by atoms with E-state index in [-0.39, 0.29) is 41.2 Å². The first-order valence-electron chi connectivity index (χ1n) is 11.4. The summed E-state index contributed by atoms with van der Waals surface area (Å²) in [4.78, 5) is 0. The van der Waals surface area contributed by atoms with Crippen LogP contribution in [0.1, 0.15) is 26.3 Å². The van der Waals surface area contributed by atoms with Gasteiger partial charge >= 0.3 is 0 Å². The molecule has 0 aromatic heterocycles. The highest BCUT2D eigenvalue weighted by Crippen LogP contribution is 2.66. The normalized spacial score (nSPS) is 36.1. The van der Waals surface area contributed by atoms with Crippen LogP contribution in [0.3, 0.4) is 0 Å². The molecule has 31 heavy (non-hydrogen) atoms. The zero-order chi connectivity index (χ0) is 21.2. The number of fused-ring (bicyclic) bond motifs is 5. The van der Waals surface area contributed by atoms with Gasteiger partial charge in [-0.25, -0.2) is 0 Å². The second-order valence-corrected chi connectivity index (χ2v) is 10.3. The number of ether oxygens (including phenoxy) is 3. The first-order chi connectivity index (χ1) is 15.0. The van der Waals surface area contributed by atoms with Gasteiger partial charge in [-0.3, -0.25) is 0 Å². The number of hydrogen-bond donors (Lipinski definition) is 0. The molecule has 0 radical (unpaired) electrons. The van der Waals surface area contributed by atoms with Crippen molar-refractivity contribution < 1.29 is 14.2 Å². The van der Waals surface area contributed by atoms with Crippen LogP contribution >= 0.6 is 0 Å². The van der Waals surface area contributed by atoms with E-state index < -0.39 is 0 Å². The Hall–Kier alpha value is -2.20. The molecule has 0 amide bonds. The molecule has 0 N–H and O–H groups in total. The molecule has 2 aromatic rings. The largest absolute Gasteiger partial charge is 0.376 e. The van der Waals surface area contributed by atoms with Gasteiger partial charge < -0.3 is 14.2 Å². The molecule has 6 atom stereocenters. The second-order valence-electron chi connectivity index (χ2n) is 10.3. The molecule has 3 fully saturated rings. The fourth-order valence-electron chi connectivity index (χ4n) is 6.26. The van der Waals surface area contributed by atoms with Crippen LogP contribution in [0, 0.1) is 16.7 Å². The Morgan fingerprint density at radius 2 is 1.55 bits per heavy atom. The van der Waals surface area contributed by atoms with Crippen molar-refractivity contribution in [2.75, 3.05) is 13.2 Å². The Labute approximate surface area is 184 Å². The molecular weight excluding hydrogens is 384 g/mol. The summed E-state index contributed by atoms with van der Waals surface area (Å²) in [5, 5.41) is 0. The Bertz CT molecular complexity index is 1050. The molecule has 3 aliphatic heterocycles. The highest BCUT2D eigenvalue weighted by molar-refractivity contribution is 5.86. The maximum Gasteiger partial charge on any atom is 0.108 e. The number of epoxide rings is 2. The first-order valence-corrected chi connectivity index (χ1v) is 11.4. The summed E-state index contributed by atoms with van der Waals surface area (Å²) >= 11 is 0. The summed E-state index contributed by atoms with van der Waals surface area (Å²) in [7, 11) is 0. The third-order valence-corrected chi connectivity index (χ3v) is 7.67. The standard InChI is InChI=1S/C28H30O3/c1-27(2,3)28-21(20-13-8-7-12-19(20)18-10-5-4-6-11-18)14-9-15-22(28)25-23(30-25)16-29-17-24-26(28)31-24/h4-15,22-26H,16-17H2,1-3H3. The van der Waals surface area contributed by atoms with E-state index in [0.717, 1.165) is 0 Å². The molecule has 0 spiro atoms. The molecule has 160 valence electrons. The van der Waals surface area contributed by atoms with Crippen molar-refractivity contribution in [1.29, 1.82) is 0 Å². The highest BCUT2D eigenvalue weighted by Gasteiger charge is 2.69. The van der Waals surface area contributed by atoms with E-state index in [2.05, 4.69) is 93.6 Å². The molecule has 2 aromatic carbocycles. The van der Waals surface area contributed by atoms with Gasteiger partial charge in [-0.1, -0.05) is 93.6 Å². The monoisotopic (exact) mass is 414 g/mol. The third kappa shape index (κ3) is 2.91. The molecular formula is C28H30O3. The maximum atomic E-state index is 6.40. The Morgan fingerprint density at radius 1 is 0.839 bits per heavy atom. The molecule has 6 unspecified atom stereocenters. The van der Waals surface area contributed by atoms with Crippen LogP contribution < -0.4 is 0 Å². The van der Waals surface area contributed by atoms with Crippen LogP contribution in [0.25, 0.3) is 16.7 Å². The van der Waals surface area contributed by atoms with Gasteiger partial charge in [0.15, 0.2) is 0 Å². The van der Waals surface area contributed by atoms with Gasteiger partial charge in [0.1, 0.15) is 12.2 Å². The minimum Gasteiger partial charge on any atom is -0.376 e. The zero-order valence-electron chi connectivity index (χ0n) is 18.5. The van der Waals surface area contributed by atoms with Crippen molar-refractivity contribution in [2.45, 2.75) is 45.2 Å². The van der Waals surface area contributed by atoms with Gasteiger partial charge in [0.25, 0.3) is 0 Å². The number of hydrogen-bond acceptors (Lipinski definition) is 3. The number of benzene rings is 2. The van der Waals surface area contributed by atoms with E-state index in [9.17, 15) is 0 Å². The van der Waals surface area contributed by atoms with Crippen LogP contribution in [0.15, 0.2) is 72.8 Å². The van der Waals surface area contributed by atoms with Gasteiger partial charge in [-0.05, 0) is 27.7 Å². The summed E-state index contributed by atoms with van der Waals surface area (Å²) < 4.78 is 18.6. The Morgan fingerprint density at radius 3 is 2.32 bits per heavy atom. The first kappa shape index (κ1) is 19.5. The van der Waals surface area contributed by atoms with Gasteiger partial charge in [-0.15, -0.1) is 0 Å². The van der Waals surface area contributed by atoms with Gasteiger partial charge in [0.2, 0.25) is 0 Å². The van der Waals surface area contributed by atoms with Crippen molar-refractivity contribution in [2.24, 2.45) is 16.7 Å². The van der Waals surface area contributed by atoms with Crippen LogP contribution in [0.2, 0.25) is 0 Å². The SMILES string of the molecule is CC(C)(C)C12C(c3ccccc3-c3ccccc3)=CC=CC1C1OC1COCC1OC12. The van der Waals surface area contributed by atoms with Crippen molar-refractivity contribution >= 4 is 5.57 Å². The summed E-state index contributed by atoms with van der Waals surface area (Å²) in [5.41, 5.74) is 4.96. The summed E-state index contributed by atoms with van der Waals surface area (Å²) in [6.45, 7) is 8.42. The van der Waals surface area contributed by atoms with Gasteiger partial charge in [0, 0.05) is 11.3 Å². The average Bonchev–Trinajstić information content (AvgIpc) is 3.70. The summed E-state index contributed by atoms with van der Waals surface area (Å²) in [5.74, 6) is 0.262. The molecule has 3 saturated heterocycles. The summed E-state index contributed by atoms with van der Waals surface area (Å²) in [6, 6.07) is 19.5. The predicted octanol–water partition coefficient (Wildman–Crippen LogP) is 5.52. The molecule has 3 nitrogen and oxygen atoms in total. The fraction of sp³-hybridized carbons (Fsp3) is 0.429. The Kier molecular flexibility index (Phi) is 4.34. The maximum absolute atomic E-state index is 6.40. The van der Waals surface area contributed by atoms with Crippen molar-refractivity contribution in [3.05, 3.63) is 78.4 Å². The molecule has 4 aliphatic rings. The molecule has 3 heterocycles. The van der Waals surface area contributed by atoms with Gasteiger partial charge in [-0.2, -0.15) is 0 Å². The van der Waals surface area contributed by atoms with Crippen LogP contribution in [0.5, 0.6) is 0 Å². The topological polar surface area (TPSA) is 34.3 Å². The molecule has 1 aliphatic carbocycles. The van der Waals surface area contributed by atoms with Crippen LogP contribution in [0.4, 0.5) is 0 Å². The number of allylic oxidation sites excluding steroid dienone is 2. The molecule has 0 bridgehead atoms. The Balaban J connectivity index is 1.57. The minimum absolute atomic E-state index is 0.0294. The molecule has 6 rings (SSSR count). The van der Waals surface area contributed by atoms with Crippen molar-refractivity contribution in [1.82, 2.24) is 0 Å². The second kappa shape index (κ2) is 6.90. The quantitative estimate of drug-likeness (QED) is 0.607. The minimum atomic E-state index is -0.190. The van der Waals surface area contributed by atoms with Crippen LogP contribution in [-0.2, 0) is 14.2 Å². The molecule has 3 heteroatoms.